The highest BCUT2D eigenvalue weighted by Gasteiger charge is 2.05. The van der Waals surface area contributed by atoms with Crippen LogP contribution in [0.5, 0.6) is 0 Å². The molecular formula is C6H11BrO3. The number of aliphatic hydroxyl groups is 1. The molecule has 4 heteroatoms. The monoisotopic (exact) mass is 210 g/mol. The standard InChI is InChI=1S/C6H11BrO3/c1-5(7)4-6(9)10-3-2-8/h5,8H,2-4H2,1H3. The molecule has 1 atom stereocenters. The van der Waals surface area contributed by atoms with Crippen molar-refractivity contribution in [2.45, 2.75) is 18.2 Å². The van der Waals surface area contributed by atoms with Gasteiger partial charge in [-0.2, -0.15) is 0 Å². The summed E-state index contributed by atoms with van der Waals surface area (Å²) in [5.74, 6) is -0.279. The highest BCUT2D eigenvalue weighted by atomic mass is 79.9. The maximum atomic E-state index is 10.6. The molecule has 0 aliphatic heterocycles. The zero-order valence-corrected chi connectivity index (χ0v) is 7.43. The molecule has 1 N–H and O–H groups in total. The number of hydrogen-bond donors (Lipinski definition) is 1. The van der Waals surface area contributed by atoms with E-state index in [2.05, 4.69) is 20.7 Å². The van der Waals surface area contributed by atoms with Crippen LogP contribution < -0.4 is 0 Å². The summed E-state index contributed by atoms with van der Waals surface area (Å²) in [6.07, 6.45) is 0.347. The quantitative estimate of drug-likeness (QED) is 0.549. The van der Waals surface area contributed by atoms with Crippen molar-refractivity contribution in [3.63, 3.8) is 0 Å². The Kier molecular flexibility index (Phi) is 5.63. The number of hydrogen-bond acceptors (Lipinski definition) is 3. The largest absolute Gasteiger partial charge is 0.463 e. The predicted octanol–water partition coefficient (Wildman–Crippen LogP) is 0.695. The van der Waals surface area contributed by atoms with Crippen molar-refractivity contribution in [1.82, 2.24) is 0 Å². The molecule has 0 aliphatic rings. The molecule has 0 aromatic heterocycles. The van der Waals surface area contributed by atoms with E-state index in [0.717, 1.165) is 0 Å². The molecule has 0 radical (unpaired) electrons. The highest BCUT2D eigenvalue weighted by Crippen LogP contribution is 2.03. The SMILES string of the molecule is CC(Br)CC(=O)OCCO. The van der Waals surface area contributed by atoms with Crippen molar-refractivity contribution in [3.8, 4) is 0 Å². The molecule has 0 aromatic rings. The fourth-order valence-corrected chi connectivity index (χ4v) is 0.712. The molecule has 0 aliphatic carbocycles. The molecule has 60 valence electrons. The lowest BCUT2D eigenvalue weighted by Gasteiger charge is -2.02. The van der Waals surface area contributed by atoms with Gasteiger partial charge in [-0.3, -0.25) is 4.79 Å². The van der Waals surface area contributed by atoms with Crippen LogP contribution in [0.4, 0.5) is 0 Å². The summed E-state index contributed by atoms with van der Waals surface area (Å²) < 4.78 is 4.58. The summed E-state index contributed by atoms with van der Waals surface area (Å²) >= 11 is 3.20. The Morgan fingerprint density at radius 1 is 1.80 bits per heavy atom. The highest BCUT2D eigenvalue weighted by molar-refractivity contribution is 9.09. The fourth-order valence-electron chi connectivity index (χ4n) is 0.448. The Labute approximate surface area is 68.5 Å². The van der Waals surface area contributed by atoms with Crippen LogP contribution in [0.1, 0.15) is 13.3 Å². The van der Waals surface area contributed by atoms with Crippen LogP contribution in [-0.4, -0.2) is 29.1 Å². The van der Waals surface area contributed by atoms with E-state index in [9.17, 15) is 4.79 Å². The van der Waals surface area contributed by atoms with E-state index >= 15 is 0 Å². The van der Waals surface area contributed by atoms with E-state index in [0.29, 0.717) is 6.42 Å². The molecule has 0 rings (SSSR count). The smallest absolute Gasteiger partial charge is 0.306 e. The molecule has 0 saturated carbocycles. The van der Waals surface area contributed by atoms with Crippen molar-refractivity contribution in [3.05, 3.63) is 0 Å². The van der Waals surface area contributed by atoms with E-state index in [1.165, 1.54) is 0 Å². The number of aliphatic hydroxyl groups excluding tert-OH is 1. The second-order valence-corrected chi connectivity index (χ2v) is 3.49. The summed E-state index contributed by atoms with van der Waals surface area (Å²) in [4.78, 5) is 10.8. The topological polar surface area (TPSA) is 46.5 Å². The van der Waals surface area contributed by atoms with E-state index in [1.807, 2.05) is 6.92 Å². The van der Waals surface area contributed by atoms with Crippen LogP contribution in [0.2, 0.25) is 0 Å². The third kappa shape index (κ3) is 6.04. The number of halogens is 1. The van der Waals surface area contributed by atoms with Crippen LogP contribution in [0.3, 0.4) is 0 Å². The van der Waals surface area contributed by atoms with E-state index in [4.69, 9.17) is 5.11 Å². The normalized spacial score (nSPS) is 12.7. The summed E-state index contributed by atoms with van der Waals surface area (Å²) in [5.41, 5.74) is 0. The number of rotatable bonds is 4. The average molecular weight is 211 g/mol. The zero-order valence-electron chi connectivity index (χ0n) is 5.84. The van der Waals surface area contributed by atoms with Gasteiger partial charge in [-0.05, 0) is 0 Å². The second kappa shape index (κ2) is 5.68. The molecule has 3 nitrogen and oxygen atoms in total. The third-order valence-electron chi connectivity index (χ3n) is 0.802. The average Bonchev–Trinajstić information content (AvgIpc) is 1.82. The number of alkyl halides is 1. The first kappa shape index (κ1) is 9.91. The van der Waals surface area contributed by atoms with Gasteiger partial charge in [-0.25, -0.2) is 0 Å². The van der Waals surface area contributed by atoms with Crippen molar-refractivity contribution in [2.75, 3.05) is 13.2 Å². The minimum atomic E-state index is -0.279. The lowest BCUT2D eigenvalue weighted by atomic mass is 10.3. The van der Waals surface area contributed by atoms with Crippen LogP contribution in [0.15, 0.2) is 0 Å². The summed E-state index contributed by atoms with van der Waals surface area (Å²) in [6.45, 7) is 1.85. The Morgan fingerprint density at radius 2 is 2.40 bits per heavy atom. The Balaban J connectivity index is 3.26. The molecule has 0 bridgehead atoms. The first-order valence-corrected chi connectivity index (χ1v) is 3.99. The molecule has 0 fully saturated rings. The number of carbonyl (C=O) groups is 1. The van der Waals surface area contributed by atoms with E-state index in [1.54, 1.807) is 0 Å². The van der Waals surface area contributed by atoms with E-state index < -0.39 is 0 Å². The minimum Gasteiger partial charge on any atom is -0.463 e. The maximum absolute atomic E-state index is 10.6. The summed E-state index contributed by atoms with van der Waals surface area (Å²) in [7, 11) is 0. The third-order valence-corrected chi connectivity index (χ3v) is 1.13. The van der Waals surface area contributed by atoms with Gasteiger partial charge in [0.2, 0.25) is 0 Å². The van der Waals surface area contributed by atoms with Crippen LogP contribution in [0.25, 0.3) is 0 Å². The minimum absolute atomic E-state index is 0.0958. The lowest BCUT2D eigenvalue weighted by Crippen LogP contribution is -2.11. The van der Waals surface area contributed by atoms with Gasteiger partial charge >= 0.3 is 5.97 Å². The molecule has 1 unspecified atom stereocenters. The molecule has 0 amide bonds. The molecule has 0 saturated heterocycles. The van der Waals surface area contributed by atoms with Gasteiger partial charge < -0.3 is 9.84 Å². The van der Waals surface area contributed by atoms with Gasteiger partial charge in [-0.15, -0.1) is 0 Å². The maximum Gasteiger partial charge on any atom is 0.306 e. The van der Waals surface area contributed by atoms with Gasteiger partial charge in [-0.1, -0.05) is 22.9 Å². The van der Waals surface area contributed by atoms with Gasteiger partial charge in [0, 0.05) is 4.83 Å². The first-order chi connectivity index (χ1) is 4.66. The number of esters is 1. The Bertz CT molecular complexity index is 103. The second-order valence-electron chi connectivity index (χ2n) is 1.93. The predicted molar refractivity (Wildman–Crippen MR) is 41.1 cm³/mol. The van der Waals surface area contributed by atoms with Gasteiger partial charge in [0.25, 0.3) is 0 Å². The molecule has 0 heterocycles. The van der Waals surface area contributed by atoms with Gasteiger partial charge in [0.05, 0.1) is 13.0 Å². The van der Waals surface area contributed by atoms with Gasteiger partial charge in [0.1, 0.15) is 6.61 Å². The van der Waals surface area contributed by atoms with Crippen LogP contribution >= 0.6 is 15.9 Å². The Morgan fingerprint density at radius 3 is 2.80 bits per heavy atom. The van der Waals surface area contributed by atoms with E-state index in [-0.39, 0.29) is 24.0 Å². The molecule has 0 aromatic carbocycles. The van der Waals surface area contributed by atoms with Crippen molar-refractivity contribution < 1.29 is 14.6 Å². The fraction of sp³-hybridized carbons (Fsp3) is 0.833. The van der Waals surface area contributed by atoms with Crippen LogP contribution in [-0.2, 0) is 9.53 Å². The van der Waals surface area contributed by atoms with Crippen molar-refractivity contribution in [2.24, 2.45) is 0 Å². The molecule has 10 heavy (non-hydrogen) atoms. The Hall–Kier alpha value is -0.0900. The van der Waals surface area contributed by atoms with Gasteiger partial charge in [0.15, 0.2) is 0 Å². The number of carbonyl (C=O) groups excluding carboxylic acids is 1. The summed E-state index contributed by atoms with van der Waals surface area (Å²) in [6, 6.07) is 0. The zero-order chi connectivity index (χ0) is 7.98. The lowest BCUT2D eigenvalue weighted by molar-refractivity contribution is -0.144. The molecular weight excluding hydrogens is 200 g/mol. The van der Waals surface area contributed by atoms with Crippen LogP contribution in [0, 0.1) is 0 Å². The number of ether oxygens (including phenoxy) is 1. The first-order valence-electron chi connectivity index (χ1n) is 3.07. The summed E-state index contributed by atoms with van der Waals surface area (Å²) in [5, 5.41) is 8.26. The van der Waals surface area contributed by atoms with Crippen molar-refractivity contribution >= 4 is 21.9 Å². The van der Waals surface area contributed by atoms with Crippen molar-refractivity contribution in [1.29, 1.82) is 0 Å². The molecule has 0 spiro atoms.